The molecule has 2 saturated heterocycles. The Bertz CT molecular complexity index is 1520. The molecular weight excluding hydrogens is 480 g/mol. The predicted octanol–water partition coefficient (Wildman–Crippen LogP) is 3.86. The molecule has 0 radical (unpaired) electrons. The fourth-order valence-corrected chi connectivity index (χ4v) is 6.20. The van der Waals surface area contributed by atoms with Crippen molar-refractivity contribution in [3.63, 3.8) is 0 Å². The van der Waals surface area contributed by atoms with Gasteiger partial charge in [-0.2, -0.15) is 9.61 Å². The molecule has 0 aliphatic carbocycles. The topological polar surface area (TPSA) is 127 Å². The van der Waals surface area contributed by atoms with Crippen LogP contribution in [-0.2, 0) is 4.79 Å². The van der Waals surface area contributed by atoms with E-state index in [0.717, 1.165) is 35.2 Å². The number of piperidine rings is 1. The van der Waals surface area contributed by atoms with Crippen LogP contribution in [0.3, 0.4) is 0 Å². The quantitative estimate of drug-likeness (QED) is 0.390. The van der Waals surface area contributed by atoms with Crippen molar-refractivity contribution in [1.29, 1.82) is 0 Å². The lowest BCUT2D eigenvalue weighted by Crippen LogP contribution is -2.49. The van der Waals surface area contributed by atoms with Crippen LogP contribution in [0.1, 0.15) is 61.5 Å². The zero-order valence-corrected chi connectivity index (χ0v) is 21.4. The summed E-state index contributed by atoms with van der Waals surface area (Å²) < 4.78 is 1.53. The number of pyridine rings is 1. The van der Waals surface area contributed by atoms with Crippen molar-refractivity contribution < 1.29 is 14.7 Å². The summed E-state index contributed by atoms with van der Waals surface area (Å²) in [7, 11) is 0. The molecule has 4 aromatic rings. The van der Waals surface area contributed by atoms with Gasteiger partial charge in [-0.25, -0.2) is 4.98 Å². The molecule has 2 fully saturated rings. The summed E-state index contributed by atoms with van der Waals surface area (Å²) in [5.41, 5.74) is 11.7. The standard InChI is InChI=1S/C29H30N6O3/c1-16(36)25-26(20-12-21-9-10-22(13-20)34(21)29(38)17(2)37)33-28-23(15-32-35(28)27(25)30)19-8-11-24(31-14-19)18-6-4-3-5-7-18/h3-8,11,14-15,17,20-22,37H,9-10,12-13,30H2,1-2H3/t17-,20-,21-,22+/m0/s1. The molecule has 5 heterocycles. The monoisotopic (exact) mass is 510 g/mol. The molecule has 6 rings (SSSR count). The number of benzene rings is 1. The summed E-state index contributed by atoms with van der Waals surface area (Å²) in [4.78, 5) is 37.0. The normalized spacial score (nSPS) is 21.6. The van der Waals surface area contributed by atoms with Gasteiger partial charge in [-0.05, 0) is 45.6 Å². The molecule has 2 aliphatic heterocycles. The minimum Gasteiger partial charge on any atom is -0.384 e. The third-order valence-corrected chi connectivity index (χ3v) is 7.94. The van der Waals surface area contributed by atoms with Crippen LogP contribution < -0.4 is 5.73 Å². The second-order valence-electron chi connectivity index (χ2n) is 10.4. The molecule has 2 aliphatic rings. The van der Waals surface area contributed by atoms with Gasteiger partial charge in [-0.3, -0.25) is 14.6 Å². The van der Waals surface area contributed by atoms with Gasteiger partial charge in [0, 0.05) is 40.9 Å². The van der Waals surface area contributed by atoms with E-state index >= 15 is 0 Å². The van der Waals surface area contributed by atoms with Crippen molar-refractivity contribution in [3.05, 3.63) is 66.1 Å². The zero-order valence-electron chi connectivity index (χ0n) is 21.4. The van der Waals surface area contributed by atoms with Crippen molar-refractivity contribution in [3.8, 4) is 22.4 Å². The first-order chi connectivity index (χ1) is 18.3. The Kier molecular flexibility index (Phi) is 5.95. The number of hydrogen-bond acceptors (Lipinski definition) is 7. The first kappa shape index (κ1) is 24.2. The van der Waals surface area contributed by atoms with Gasteiger partial charge in [0.1, 0.15) is 11.9 Å². The Morgan fingerprint density at radius 1 is 1.03 bits per heavy atom. The predicted molar refractivity (Wildman–Crippen MR) is 143 cm³/mol. The van der Waals surface area contributed by atoms with Gasteiger partial charge < -0.3 is 15.7 Å². The highest BCUT2D eigenvalue weighted by atomic mass is 16.3. The highest BCUT2D eigenvalue weighted by Gasteiger charge is 2.45. The molecule has 0 unspecified atom stereocenters. The lowest BCUT2D eigenvalue weighted by Gasteiger charge is -2.39. The summed E-state index contributed by atoms with van der Waals surface area (Å²) in [6.07, 6.45) is 5.59. The number of hydrogen-bond donors (Lipinski definition) is 2. The first-order valence-electron chi connectivity index (χ1n) is 13.0. The smallest absolute Gasteiger partial charge is 0.251 e. The van der Waals surface area contributed by atoms with Crippen molar-refractivity contribution in [1.82, 2.24) is 24.5 Å². The Balaban J connectivity index is 1.40. The van der Waals surface area contributed by atoms with Gasteiger partial charge in [0.25, 0.3) is 5.91 Å². The highest BCUT2D eigenvalue weighted by molar-refractivity contribution is 6.00. The lowest BCUT2D eigenvalue weighted by atomic mass is 9.85. The van der Waals surface area contributed by atoms with Gasteiger partial charge in [0.2, 0.25) is 0 Å². The van der Waals surface area contributed by atoms with Crippen LogP contribution in [0.4, 0.5) is 5.82 Å². The number of aromatic nitrogens is 4. The maximum Gasteiger partial charge on any atom is 0.251 e. The minimum atomic E-state index is -1.02. The molecule has 3 aromatic heterocycles. The molecule has 194 valence electrons. The lowest BCUT2D eigenvalue weighted by molar-refractivity contribution is -0.144. The average Bonchev–Trinajstić information content (AvgIpc) is 3.46. The number of nitrogens with two attached hydrogens (primary N) is 1. The van der Waals surface area contributed by atoms with Gasteiger partial charge in [-0.15, -0.1) is 0 Å². The molecule has 9 nitrogen and oxygen atoms in total. The van der Waals surface area contributed by atoms with E-state index in [9.17, 15) is 14.7 Å². The second kappa shape index (κ2) is 9.33. The number of anilines is 1. The van der Waals surface area contributed by atoms with E-state index in [2.05, 4.69) is 10.1 Å². The van der Waals surface area contributed by atoms with E-state index in [1.807, 2.05) is 47.4 Å². The van der Waals surface area contributed by atoms with Crippen LogP contribution in [-0.4, -0.2) is 59.5 Å². The van der Waals surface area contributed by atoms with Crippen LogP contribution in [0.2, 0.25) is 0 Å². The Morgan fingerprint density at radius 3 is 2.34 bits per heavy atom. The average molecular weight is 511 g/mol. The number of carbonyl (C=O) groups is 2. The third-order valence-electron chi connectivity index (χ3n) is 7.94. The van der Waals surface area contributed by atoms with E-state index in [0.29, 0.717) is 29.7 Å². The molecule has 1 aromatic carbocycles. The number of nitrogens with zero attached hydrogens (tertiary/aromatic N) is 5. The second-order valence-corrected chi connectivity index (χ2v) is 10.4. The summed E-state index contributed by atoms with van der Waals surface area (Å²) >= 11 is 0. The third kappa shape index (κ3) is 3.94. The highest BCUT2D eigenvalue weighted by Crippen LogP contribution is 2.44. The number of ketones is 1. The van der Waals surface area contributed by atoms with E-state index in [-0.39, 0.29) is 35.5 Å². The van der Waals surface area contributed by atoms with Crippen molar-refractivity contribution in [2.75, 3.05) is 5.73 Å². The minimum absolute atomic E-state index is 0.0130. The SMILES string of the molecule is CC(=O)c1c([C@@H]2C[C@H]3CC[C@@H](C2)N3C(=O)[C@H](C)O)nc2c(-c3ccc(-c4ccccc4)nc3)cnn2c1N. The van der Waals surface area contributed by atoms with Crippen LogP contribution in [0, 0.1) is 0 Å². The number of amides is 1. The number of carbonyl (C=O) groups excluding carboxylic acids is 2. The number of nitrogen functional groups attached to an aromatic ring is 1. The van der Waals surface area contributed by atoms with Crippen LogP contribution >= 0.6 is 0 Å². The molecule has 0 saturated carbocycles. The van der Waals surface area contributed by atoms with Crippen LogP contribution in [0.5, 0.6) is 0 Å². The number of aliphatic hydroxyl groups excluding tert-OH is 1. The fourth-order valence-electron chi connectivity index (χ4n) is 6.20. The summed E-state index contributed by atoms with van der Waals surface area (Å²) in [5.74, 6) is -0.145. The molecule has 4 atom stereocenters. The molecule has 0 spiro atoms. The van der Waals surface area contributed by atoms with Gasteiger partial charge in [0.15, 0.2) is 11.4 Å². The largest absolute Gasteiger partial charge is 0.384 e. The molecule has 2 bridgehead atoms. The van der Waals surface area contributed by atoms with E-state index in [1.165, 1.54) is 18.4 Å². The molecular formula is C29H30N6O3. The van der Waals surface area contributed by atoms with Crippen LogP contribution in [0.25, 0.3) is 28.0 Å². The molecule has 38 heavy (non-hydrogen) atoms. The van der Waals surface area contributed by atoms with E-state index < -0.39 is 6.10 Å². The van der Waals surface area contributed by atoms with Crippen molar-refractivity contribution in [2.45, 2.75) is 63.6 Å². The van der Waals surface area contributed by atoms with Gasteiger partial charge in [-0.1, -0.05) is 36.4 Å². The molecule has 1 amide bonds. The number of Topliss-reactive ketones (excluding diaryl/α,β-unsaturated/α-hetero) is 1. The first-order valence-corrected chi connectivity index (χ1v) is 13.0. The van der Waals surface area contributed by atoms with Gasteiger partial charge in [0.05, 0.1) is 23.1 Å². The number of rotatable bonds is 5. The Morgan fingerprint density at radius 2 is 1.74 bits per heavy atom. The number of fused-ring (bicyclic) bond motifs is 3. The fraction of sp³-hybridized carbons (Fsp3) is 0.345. The Hall–Kier alpha value is -4.11. The maximum absolute atomic E-state index is 12.8. The van der Waals surface area contributed by atoms with Crippen molar-refractivity contribution >= 4 is 23.2 Å². The zero-order chi connectivity index (χ0) is 26.6. The summed E-state index contributed by atoms with van der Waals surface area (Å²) in [6.45, 7) is 3.01. The summed E-state index contributed by atoms with van der Waals surface area (Å²) in [5, 5.41) is 14.4. The van der Waals surface area contributed by atoms with Crippen molar-refractivity contribution in [2.24, 2.45) is 0 Å². The summed E-state index contributed by atoms with van der Waals surface area (Å²) in [6, 6.07) is 13.9. The molecule has 9 heteroatoms. The van der Waals surface area contributed by atoms with E-state index in [1.54, 1.807) is 12.4 Å². The van der Waals surface area contributed by atoms with E-state index in [4.69, 9.17) is 10.7 Å². The molecule has 3 N–H and O–H groups in total. The van der Waals surface area contributed by atoms with Crippen LogP contribution in [0.15, 0.2) is 54.9 Å². The Labute approximate surface area is 220 Å². The number of aliphatic hydroxyl groups is 1. The van der Waals surface area contributed by atoms with Gasteiger partial charge >= 0.3 is 0 Å². The maximum atomic E-state index is 12.8.